The van der Waals surface area contributed by atoms with Gasteiger partial charge in [0.1, 0.15) is 23.8 Å². The molecule has 2 rings (SSSR count). The largest absolute Gasteiger partial charge is 0.487 e. The molecule has 0 aromatic heterocycles. The van der Waals surface area contributed by atoms with E-state index >= 15 is 0 Å². The number of aryl methyl sites for hydroxylation is 1. The van der Waals surface area contributed by atoms with Crippen LogP contribution < -0.4 is 4.74 Å². The van der Waals surface area contributed by atoms with Crippen molar-refractivity contribution in [2.24, 2.45) is 0 Å². The SMILES string of the molecule is CN(C)C[C@H](O)[C@H]1CCc2cc(F)ccc2O1. The molecular formula is C13H18FNO2. The lowest BCUT2D eigenvalue weighted by molar-refractivity contribution is 0.00980. The predicted molar refractivity (Wildman–Crippen MR) is 63.7 cm³/mol. The summed E-state index contributed by atoms with van der Waals surface area (Å²) in [5.41, 5.74) is 0.887. The third-order valence-corrected chi connectivity index (χ3v) is 2.98. The second kappa shape index (κ2) is 5.02. The molecule has 1 aromatic rings. The van der Waals surface area contributed by atoms with Gasteiger partial charge in [-0.1, -0.05) is 0 Å². The van der Waals surface area contributed by atoms with E-state index in [1.54, 1.807) is 6.07 Å². The topological polar surface area (TPSA) is 32.7 Å². The fourth-order valence-electron chi connectivity index (χ4n) is 2.14. The molecule has 4 heteroatoms. The highest BCUT2D eigenvalue weighted by atomic mass is 19.1. The molecule has 17 heavy (non-hydrogen) atoms. The van der Waals surface area contributed by atoms with Crippen molar-refractivity contribution in [1.29, 1.82) is 0 Å². The van der Waals surface area contributed by atoms with Crippen LogP contribution in [0.3, 0.4) is 0 Å². The Hall–Kier alpha value is -1.13. The number of ether oxygens (including phenoxy) is 1. The molecule has 0 unspecified atom stereocenters. The summed E-state index contributed by atoms with van der Waals surface area (Å²) in [4.78, 5) is 1.92. The normalized spacial score (nSPS) is 20.9. The molecule has 1 aromatic carbocycles. The smallest absolute Gasteiger partial charge is 0.126 e. The van der Waals surface area contributed by atoms with Crippen LogP contribution in [0.2, 0.25) is 0 Å². The van der Waals surface area contributed by atoms with Crippen LogP contribution in [0.4, 0.5) is 4.39 Å². The number of hydrogen-bond donors (Lipinski definition) is 1. The molecule has 0 amide bonds. The monoisotopic (exact) mass is 239 g/mol. The van der Waals surface area contributed by atoms with E-state index in [-0.39, 0.29) is 11.9 Å². The number of aliphatic hydroxyl groups excluding tert-OH is 1. The van der Waals surface area contributed by atoms with E-state index in [4.69, 9.17) is 4.74 Å². The van der Waals surface area contributed by atoms with Crippen molar-refractivity contribution >= 4 is 0 Å². The maximum absolute atomic E-state index is 13.0. The molecule has 94 valence electrons. The Kier molecular flexibility index (Phi) is 3.64. The molecule has 1 aliphatic heterocycles. The van der Waals surface area contributed by atoms with Crippen LogP contribution in [0.1, 0.15) is 12.0 Å². The lowest BCUT2D eigenvalue weighted by atomic mass is 9.99. The van der Waals surface area contributed by atoms with Crippen LogP contribution in [0, 0.1) is 5.82 Å². The zero-order chi connectivity index (χ0) is 12.4. The van der Waals surface area contributed by atoms with E-state index in [1.807, 2.05) is 19.0 Å². The van der Waals surface area contributed by atoms with Gasteiger partial charge in [0, 0.05) is 6.54 Å². The standard InChI is InChI=1S/C13H18FNO2/c1-15(2)8-11(16)13-5-3-9-7-10(14)4-6-12(9)17-13/h4,6-7,11,13,16H,3,5,8H2,1-2H3/t11-,13+/m0/s1. The van der Waals surface area contributed by atoms with Crippen LogP contribution >= 0.6 is 0 Å². The Morgan fingerprint density at radius 2 is 2.29 bits per heavy atom. The lowest BCUT2D eigenvalue weighted by Crippen LogP contribution is -2.41. The maximum Gasteiger partial charge on any atom is 0.126 e. The molecule has 2 atom stereocenters. The first kappa shape index (κ1) is 12.3. The molecule has 0 radical (unpaired) electrons. The number of halogens is 1. The number of fused-ring (bicyclic) bond motifs is 1. The van der Waals surface area contributed by atoms with Gasteiger partial charge in [-0.25, -0.2) is 4.39 Å². The summed E-state index contributed by atoms with van der Waals surface area (Å²) in [6.07, 6.45) is 0.770. The fraction of sp³-hybridized carbons (Fsp3) is 0.538. The van der Waals surface area contributed by atoms with Gasteiger partial charge in [-0.2, -0.15) is 0 Å². The van der Waals surface area contributed by atoms with E-state index in [2.05, 4.69) is 0 Å². The number of nitrogens with zero attached hydrogens (tertiary/aromatic N) is 1. The number of aliphatic hydroxyl groups is 1. The molecule has 1 N–H and O–H groups in total. The van der Waals surface area contributed by atoms with Gasteiger partial charge in [0.25, 0.3) is 0 Å². The highest BCUT2D eigenvalue weighted by molar-refractivity contribution is 5.35. The maximum atomic E-state index is 13.0. The Labute approximate surface area is 101 Å². The first-order valence-corrected chi connectivity index (χ1v) is 5.84. The van der Waals surface area contributed by atoms with E-state index in [0.29, 0.717) is 12.3 Å². The quantitative estimate of drug-likeness (QED) is 0.866. The fourth-order valence-corrected chi connectivity index (χ4v) is 2.14. The first-order valence-electron chi connectivity index (χ1n) is 5.84. The molecule has 0 saturated carbocycles. The van der Waals surface area contributed by atoms with Crippen molar-refractivity contribution < 1.29 is 14.2 Å². The van der Waals surface area contributed by atoms with Crippen molar-refractivity contribution in [3.8, 4) is 5.75 Å². The van der Waals surface area contributed by atoms with Crippen molar-refractivity contribution in [3.05, 3.63) is 29.6 Å². The highest BCUT2D eigenvalue weighted by Crippen LogP contribution is 2.29. The third-order valence-electron chi connectivity index (χ3n) is 2.98. The number of benzene rings is 1. The van der Waals surface area contributed by atoms with Crippen LogP contribution in [-0.2, 0) is 6.42 Å². The minimum Gasteiger partial charge on any atom is -0.487 e. The third kappa shape index (κ3) is 2.96. The average molecular weight is 239 g/mol. The van der Waals surface area contributed by atoms with Gasteiger partial charge < -0.3 is 14.7 Å². The van der Waals surface area contributed by atoms with Gasteiger partial charge >= 0.3 is 0 Å². The minimum absolute atomic E-state index is 0.199. The summed E-state index contributed by atoms with van der Waals surface area (Å²) in [5.74, 6) is 0.458. The molecule has 0 saturated heterocycles. The zero-order valence-corrected chi connectivity index (χ0v) is 10.2. The summed E-state index contributed by atoms with van der Waals surface area (Å²) in [6, 6.07) is 4.53. The average Bonchev–Trinajstić information content (AvgIpc) is 2.27. The van der Waals surface area contributed by atoms with Crippen LogP contribution in [0.25, 0.3) is 0 Å². The number of likely N-dealkylation sites (N-methyl/N-ethyl adjacent to an activating group) is 1. The zero-order valence-electron chi connectivity index (χ0n) is 10.2. The van der Waals surface area contributed by atoms with Crippen molar-refractivity contribution in [1.82, 2.24) is 4.90 Å². The molecule has 3 nitrogen and oxygen atoms in total. The molecular weight excluding hydrogens is 221 g/mol. The van der Waals surface area contributed by atoms with Gasteiger partial charge in [-0.3, -0.25) is 0 Å². The van der Waals surface area contributed by atoms with E-state index in [1.165, 1.54) is 12.1 Å². The van der Waals surface area contributed by atoms with Gasteiger partial charge in [-0.05, 0) is 50.7 Å². The molecule has 0 fully saturated rings. The molecule has 0 aliphatic carbocycles. The van der Waals surface area contributed by atoms with Crippen molar-refractivity contribution in [2.75, 3.05) is 20.6 Å². The first-order chi connectivity index (χ1) is 8.06. The second-order valence-corrected chi connectivity index (χ2v) is 4.78. The Bertz CT molecular complexity index is 395. The van der Waals surface area contributed by atoms with E-state index in [9.17, 15) is 9.50 Å². The van der Waals surface area contributed by atoms with Gasteiger partial charge in [0.15, 0.2) is 0 Å². The van der Waals surface area contributed by atoms with Crippen LogP contribution in [0.5, 0.6) is 5.75 Å². The van der Waals surface area contributed by atoms with Crippen molar-refractivity contribution in [2.45, 2.75) is 25.0 Å². The highest BCUT2D eigenvalue weighted by Gasteiger charge is 2.26. The van der Waals surface area contributed by atoms with E-state index < -0.39 is 6.10 Å². The second-order valence-electron chi connectivity index (χ2n) is 4.78. The predicted octanol–water partition coefficient (Wildman–Crippen LogP) is 1.44. The summed E-state index contributed by atoms with van der Waals surface area (Å²) in [5, 5.41) is 9.98. The molecule has 1 heterocycles. The van der Waals surface area contributed by atoms with Gasteiger partial charge in [-0.15, -0.1) is 0 Å². The summed E-state index contributed by atoms with van der Waals surface area (Å²) < 4.78 is 18.7. The molecule has 0 bridgehead atoms. The summed E-state index contributed by atoms with van der Waals surface area (Å²) in [7, 11) is 3.82. The summed E-state index contributed by atoms with van der Waals surface area (Å²) >= 11 is 0. The molecule has 0 spiro atoms. The minimum atomic E-state index is -0.511. The number of rotatable bonds is 3. The van der Waals surface area contributed by atoms with Crippen LogP contribution in [-0.4, -0.2) is 42.9 Å². The van der Waals surface area contributed by atoms with Crippen molar-refractivity contribution in [3.63, 3.8) is 0 Å². The summed E-state index contributed by atoms with van der Waals surface area (Å²) in [6.45, 7) is 0.571. The Morgan fingerprint density at radius 1 is 1.53 bits per heavy atom. The Balaban J connectivity index is 2.05. The lowest BCUT2D eigenvalue weighted by Gasteiger charge is -2.30. The van der Waals surface area contributed by atoms with Gasteiger partial charge in [0.2, 0.25) is 0 Å². The number of hydrogen-bond acceptors (Lipinski definition) is 3. The van der Waals surface area contributed by atoms with E-state index in [0.717, 1.165) is 18.4 Å². The van der Waals surface area contributed by atoms with Crippen LogP contribution in [0.15, 0.2) is 18.2 Å². The van der Waals surface area contributed by atoms with Gasteiger partial charge in [0.05, 0.1) is 0 Å². The Morgan fingerprint density at radius 3 is 3.00 bits per heavy atom. The molecule has 1 aliphatic rings.